The number of ether oxygens (including phenoxy) is 1. The summed E-state index contributed by atoms with van der Waals surface area (Å²) in [6.45, 7) is 4.24. The van der Waals surface area contributed by atoms with E-state index >= 15 is 0 Å². The molecule has 0 saturated carbocycles. The molecule has 0 aromatic rings. The molecular weight excluding hydrogens is 598 g/mol. The van der Waals surface area contributed by atoms with Gasteiger partial charge in [-0.25, -0.2) is 0 Å². The molecule has 2 N–H and O–H groups in total. The van der Waals surface area contributed by atoms with Crippen LogP contribution >= 0.6 is 0 Å². The first-order valence-electron chi connectivity index (χ1n) is 21.2. The zero-order chi connectivity index (χ0) is 35.2. The normalized spacial score (nSPS) is 11.9. The average molecular weight is 680 g/mol. The summed E-state index contributed by atoms with van der Waals surface area (Å²) in [6.07, 6.45) is 42.2. The Morgan fingerprint density at radius 1 is 0.458 bits per heavy atom. The van der Waals surface area contributed by atoms with Crippen molar-refractivity contribution in [1.29, 1.82) is 0 Å². The van der Waals surface area contributed by atoms with E-state index in [0.29, 0.717) is 12.8 Å². The van der Waals surface area contributed by atoms with Crippen molar-refractivity contribution in [1.82, 2.24) is 5.32 Å². The molecule has 0 rings (SSSR count). The molecule has 1 amide bonds. The lowest BCUT2D eigenvalue weighted by molar-refractivity contribution is -0.150. The Morgan fingerprint density at radius 3 is 1.12 bits per heavy atom. The summed E-state index contributed by atoms with van der Waals surface area (Å²) in [4.78, 5) is 35.0. The largest absolute Gasteiger partial charge is 0.480 e. The summed E-state index contributed by atoms with van der Waals surface area (Å²) < 4.78 is 6.02. The summed E-state index contributed by atoms with van der Waals surface area (Å²) in [5, 5.41) is 11.1. The van der Waals surface area contributed by atoms with Gasteiger partial charge in [-0.05, 0) is 38.5 Å². The van der Waals surface area contributed by atoms with E-state index in [0.717, 1.165) is 64.2 Å². The number of unbranched alkanes of at least 4 members (excludes halogenated alkanes) is 28. The number of hydrogen-bond acceptors (Lipinski definition) is 4. The lowest BCUT2D eigenvalue weighted by atomic mass is 10.0. The van der Waals surface area contributed by atoms with E-state index in [1.54, 1.807) is 0 Å². The van der Waals surface area contributed by atoms with E-state index in [4.69, 9.17) is 9.84 Å². The maximum atomic E-state index is 12.7. The first kappa shape index (κ1) is 46.4. The molecule has 0 heterocycles. The molecule has 0 radical (unpaired) electrons. The van der Waals surface area contributed by atoms with Crippen LogP contribution in [-0.2, 0) is 19.1 Å². The highest BCUT2D eigenvalue weighted by Gasteiger charge is 2.14. The van der Waals surface area contributed by atoms with Crippen LogP contribution < -0.4 is 5.32 Å². The molecule has 0 fully saturated rings. The van der Waals surface area contributed by atoms with Crippen LogP contribution in [0.15, 0.2) is 0 Å². The molecule has 0 aromatic carbocycles. The number of aliphatic carboxylic acids is 1. The Bertz CT molecular complexity index is 712. The van der Waals surface area contributed by atoms with Gasteiger partial charge < -0.3 is 15.2 Å². The van der Waals surface area contributed by atoms with Gasteiger partial charge >= 0.3 is 11.9 Å². The Hall–Kier alpha value is -1.59. The number of esters is 1. The predicted octanol–water partition coefficient (Wildman–Crippen LogP) is 12.8. The Labute approximate surface area is 298 Å². The molecule has 0 spiro atoms. The van der Waals surface area contributed by atoms with Crippen molar-refractivity contribution in [3.05, 3.63) is 0 Å². The van der Waals surface area contributed by atoms with Crippen molar-refractivity contribution >= 4 is 17.8 Å². The van der Waals surface area contributed by atoms with Gasteiger partial charge in [0.15, 0.2) is 0 Å². The maximum Gasteiger partial charge on any atom is 0.322 e. The average Bonchev–Trinajstić information content (AvgIpc) is 3.07. The predicted molar refractivity (Wildman–Crippen MR) is 203 cm³/mol. The molecule has 6 nitrogen and oxygen atoms in total. The molecule has 0 aliphatic carbocycles. The van der Waals surface area contributed by atoms with E-state index in [1.165, 1.54) is 148 Å². The van der Waals surface area contributed by atoms with E-state index in [-0.39, 0.29) is 24.5 Å². The fourth-order valence-corrected chi connectivity index (χ4v) is 6.63. The maximum absolute atomic E-state index is 12.7. The van der Waals surface area contributed by atoms with Gasteiger partial charge in [0.2, 0.25) is 5.91 Å². The van der Waals surface area contributed by atoms with E-state index in [2.05, 4.69) is 19.2 Å². The SMILES string of the molecule is CCCCCCCCCCCCCCCCCCC(=O)OC(CCCCCCCCCCCC)CCCCCCCC(=O)NCC(=O)O. The van der Waals surface area contributed by atoms with Crippen molar-refractivity contribution in [2.75, 3.05) is 6.54 Å². The molecule has 0 aliphatic rings. The van der Waals surface area contributed by atoms with Crippen molar-refractivity contribution in [3.8, 4) is 0 Å². The van der Waals surface area contributed by atoms with Crippen LogP contribution in [0.25, 0.3) is 0 Å². The molecular formula is C42H81NO5. The van der Waals surface area contributed by atoms with E-state index in [1.807, 2.05) is 0 Å². The number of carboxylic acid groups (broad SMARTS) is 1. The van der Waals surface area contributed by atoms with Crippen LogP contribution in [-0.4, -0.2) is 35.6 Å². The van der Waals surface area contributed by atoms with Crippen molar-refractivity contribution in [2.45, 2.75) is 245 Å². The number of nitrogens with one attached hydrogen (secondary N) is 1. The highest BCUT2D eigenvalue weighted by atomic mass is 16.5. The molecule has 1 atom stereocenters. The molecule has 0 bridgehead atoms. The summed E-state index contributed by atoms with van der Waals surface area (Å²) >= 11 is 0. The zero-order valence-corrected chi connectivity index (χ0v) is 32.1. The zero-order valence-electron chi connectivity index (χ0n) is 32.1. The topological polar surface area (TPSA) is 92.7 Å². The van der Waals surface area contributed by atoms with Crippen LogP contribution in [0.2, 0.25) is 0 Å². The van der Waals surface area contributed by atoms with Gasteiger partial charge in [0.25, 0.3) is 0 Å². The lowest BCUT2D eigenvalue weighted by Crippen LogP contribution is -2.28. The Balaban J connectivity index is 4.06. The van der Waals surface area contributed by atoms with Crippen LogP contribution in [0.1, 0.15) is 239 Å². The van der Waals surface area contributed by atoms with Gasteiger partial charge in [0.05, 0.1) is 0 Å². The molecule has 6 heteroatoms. The minimum atomic E-state index is -1.01. The van der Waals surface area contributed by atoms with Gasteiger partial charge in [-0.15, -0.1) is 0 Å². The van der Waals surface area contributed by atoms with Crippen molar-refractivity contribution in [2.24, 2.45) is 0 Å². The lowest BCUT2D eigenvalue weighted by Gasteiger charge is -2.18. The number of hydrogen-bond donors (Lipinski definition) is 2. The summed E-state index contributed by atoms with van der Waals surface area (Å²) in [7, 11) is 0. The van der Waals surface area contributed by atoms with Gasteiger partial charge in [-0.3, -0.25) is 14.4 Å². The summed E-state index contributed by atoms with van der Waals surface area (Å²) in [5.74, 6) is -1.21. The summed E-state index contributed by atoms with van der Waals surface area (Å²) in [6, 6.07) is 0. The monoisotopic (exact) mass is 680 g/mol. The minimum absolute atomic E-state index is 0.00943. The third-order valence-corrected chi connectivity index (χ3v) is 9.78. The number of carboxylic acids is 1. The van der Waals surface area contributed by atoms with Crippen LogP contribution in [0.3, 0.4) is 0 Å². The number of carbonyl (C=O) groups excluding carboxylic acids is 2. The molecule has 0 saturated heterocycles. The second-order valence-corrected chi connectivity index (χ2v) is 14.6. The number of rotatable bonds is 39. The van der Waals surface area contributed by atoms with Crippen LogP contribution in [0.5, 0.6) is 0 Å². The van der Waals surface area contributed by atoms with Gasteiger partial charge in [0, 0.05) is 12.8 Å². The molecule has 0 aromatic heterocycles. The highest BCUT2D eigenvalue weighted by Crippen LogP contribution is 2.19. The molecule has 0 aliphatic heterocycles. The van der Waals surface area contributed by atoms with Crippen LogP contribution in [0, 0.1) is 0 Å². The van der Waals surface area contributed by atoms with Crippen molar-refractivity contribution < 1.29 is 24.2 Å². The fraction of sp³-hybridized carbons (Fsp3) is 0.929. The standard InChI is InChI=1S/C42H81NO5/c1-3-5-7-9-11-13-15-16-17-18-19-20-22-24-29-33-37-42(47)48-39(34-30-26-23-21-14-12-10-8-6-4-2)35-31-27-25-28-32-36-40(44)43-38-41(45)46/h39H,3-38H2,1-2H3,(H,43,44)(H,45,46). The molecule has 284 valence electrons. The quantitative estimate of drug-likeness (QED) is 0.0498. The first-order chi connectivity index (χ1) is 23.5. The molecule has 1 unspecified atom stereocenters. The number of amides is 1. The van der Waals surface area contributed by atoms with Crippen molar-refractivity contribution in [3.63, 3.8) is 0 Å². The second kappa shape index (κ2) is 38.2. The highest BCUT2D eigenvalue weighted by molar-refractivity contribution is 5.80. The third-order valence-electron chi connectivity index (χ3n) is 9.78. The second-order valence-electron chi connectivity index (χ2n) is 14.6. The Morgan fingerprint density at radius 2 is 0.771 bits per heavy atom. The van der Waals surface area contributed by atoms with Gasteiger partial charge in [0.1, 0.15) is 12.6 Å². The smallest absolute Gasteiger partial charge is 0.322 e. The van der Waals surface area contributed by atoms with Gasteiger partial charge in [-0.2, -0.15) is 0 Å². The Kier molecular flexibility index (Phi) is 36.9. The fourth-order valence-electron chi connectivity index (χ4n) is 6.63. The third kappa shape index (κ3) is 37.2. The van der Waals surface area contributed by atoms with E-state index < -0.39 is 5.97 Å². The van der Waals surface area contributed by atoms with Crippen LogP contribution in [0.4, 0.5) is 0 Å². The number of carbonyl (C=O) groups is 3. The first-order valence-corrected chi connectivity index (χ1v) is 21.2. The van der Waals surface area contributed by atoms with E-state index in [9.17, 15) is 14.4 Å². The van der Waals surface area contributed by atoms with Gasteiger partial charge in [-0.1, -0.05) is 187 Å². The molecule has 48 heavy (non-hydrogen) atoms. The minimum Gasteiger partial charge on any atom is -0.480 e. The summed E-state index contributed by atoms with van der Waals surface area (Å²) in [5.41, 5.74) is 0.